The molecule has 1 amide bonds. The predicted octanol–water partition coefficient (Wildman–Crippen LogP) is 1.99. The maximum atomic E-state index is 12.1. The zero-order chi connectivity index (χ0) is 12.5. The van der Waals surface area contributed by atoms with Crippen LogP contribution in [0.1, 0.15) is 38.3 Å². The van der Waals surface area contributed by atoms with Crippen LogP contribution in [0.2, 0.25) is 0 Å². The van der Waals surface area contributed by atoms with Crippen LogP contribution in [0, 0.1) is 5.92 Å². The van der Waals surface area contributed by atoms with E-state index < -0.39 is 5.54 Å². The first-order chi connectivity index (χ1) is 8.01. The molecule has 0 aliphatic heterocycles. The second-order valence-corrected chi connectivity index (χ2v) is 5.16. The van der Waals surface area contributed by atoms with E-state index in [-0.39, 0.29) is 11.9 Å². The van der Waals surface area contributed by atoms with Crippen LogP contribution in [0.25, 0.3) is 0 Å². The number of nitrogens with one attached hydrogen (secondary N) is 1. The van der Waals surface area contributed by atoms with Crippen molar-refractivity contribution in [2.75, 3.05) is 0 Å². The van der Waals surface area contributed by atoms with Gasteiger partial charge in [0.25, 0.3) is 0 Å². The van der Waals surface area contributed by atoms with Gasteiger partial charge in [-0.3, -0.25) is 4.79 Å². The average Bonchev–Trinajstić information content (AvgIpc) is 3.14. The summed E-state index contributed by atoms with van der Waals surface area (Å²) in [5.41, 5.74) is 6.46. The summed E-state index contributed by atoms with van der Waals surface area (Å²) in [7, 11) is 0. The molecule has 3 N–H and O–H groups in total. The van der Waals surface area contributed by atoms with E-state index in [2.05, 4.69) is 5.32 Å². The van der Waals surface area contributed by atoms with Crippen molar-refractivity contribution in [1.82, 2.24) is 5.32 Å². The molecule has 2 rings (SSSR count). The summed E-state index contributed by atoms with van der Waals surface area (Å²) in [6, 6.07) is 9.94. The first-order valence-corrected chi connectivity index (χ1v) is 6.16. The number of amides is 1. The molecule has 3 nitrogen and oxygen atoms in total. The predicted molar refractivity (Wildman–Crippen MR) is 68.3 cm³/mol. The molecular weight excluding hydrogens is 212 g/mol. The quantitative estimate of drug-likeness (QED) is 0.834. The number of carbonyl (C=O) groups is 1. The second-order valence-electron chi connectivity index (χ2n) is 5.16. The van der Waals surface area contributed by atoms with Crippen LogP contribution in [0.5, 0.6) is 0 Å². The number of hydrogen-bond donors (Lipinski definition) is 2. The summed E-state index contributed by atoms with van der Waals surface area (Å²) in [4.78, 5) is 12.1. The lowest BCUT2D eigenvalue weighted by Gasteiger charge is -2.26. The maximum Gasteiger partial charge on any atom is 0.240 e. The van der Waals surface area contributed by atoms with Gasteiger partial charge in [0.2, 0.25) is 5.91 Å². The van der Waals surface area contributed by atoms with E-state index in [1.54, 1.807) is 0 Å². The van der Waals surface area contributed by atoms with Crippen molar-refractivity contribution >= 4 is 5.91 Å². The van der Waals surface area contributed by atoms with E-state index in [0.29, 0.717) is 5.92 Å². The van der Waals surface area contributed by atoms with Gasteiger partial charge in [-0.15, -0.1) is 0 Å². The molecule has 3 heteroatoms. The topological polar surface area (TPSA) is 55.1 Å². The van der Waals surface area contributed by atoms with Gasteiger partial charge in [0.15, 0.2) is 0 Å². The number of benzene rings is 1. The Labute approximate surface area is 102 Å². The highest BCUT2D eigenvalue weighted by Gasteiger charge is 2.44. The zero-order valence-electron chi connectivity index (χ0n) is 10.4. The number of carbonyl (C=O) groups excluding carboxylic acids is 1. The fourth-order valence-electron chi connectivity index (χ4n) is 2.05. The third-order valence-corrected chi connectivity index (χ3v) is 3.56. The molecule has 0 aromatic heterocycles. The molecule has 1 unspecified atom stereocenters. The van der Waals surface area contributed by atoms with Gasteiger partial charge < -0.3 is 11.1 Å². The van der Waals surface area contributed by atoms with Crippen molar-refractivity contribution < 1.29 is 4.79 Å². The summed E-state index contributed by atoms with van der Waals surface area (Å²) < 4.78 is 0. The molecule has 17 heavy (non-hydrogen) atoms. The van der Waals surface area contributed by atoms with Crippen LogP contribution in [0.3, 0.4) is 0 Å². The third-order valence-electron chi connectivity index (χ3n) is 3.56. The summed E-state index contributed by atoms with van der Waals surface area (Å²) in [5, 5.41) is 2.99. The number of hydrogen-bond acceptors (Lipinski definition) is 2. The molecular formula is C14H20N2O. The Bertz CT molecular complexity index is 396. The molecule has 1 aliphatic rings. The minimum atomic E-state index is -0.719. The molecule has 0 spiro atoms. The molecule has 1 fully saturated rings. The normalized spacial score (nSPS) is 20.4. The molecule has 1 aliphatic carbocycles. The second kappa shape index (κ2) is 4.49. The number of nitrogens with two attached hydrogens (primary N) is 1. The Morgan fingerprint density at radius 1 is 1.41 bits per heavy atom. The third kappa shape index (κ3) is 2.67. The summed E-state index contributed by atoms with van der Waals surface area (Å²) in [6.45, 7) is 3.81. The molecule has 92 valence electrons. The van der Waals surface area contributed by atoms with Gasteiger partial charge in [0, 0.05) is 0 Å². The first-order valence-electron chi connectivity index (χ1n) is 6.16. The molecule has 0 radical (unpaired) electrons. The van der Waals surface area contributed by atoms with Crippen molar-refractivity contribution in [3.8, 4) is 0 Å². The van der Waals surface area contributed by atoms with E-state index in [1.165, 1.54) is 0 Å². The SMILES string of the molecule is C[C@@H](NC(=O)C(C)(N)C1CC1)c1ccccc1. The maximum absolute atomic E-state index is 12.1. The van der Waals surface area contributed by atoms with Gasteiger partial charge >= 0.3 is 0 Å². The van der Waals surface area contributed by atoms with E-state index in [4.69, 9.17) is 5.73 Å². The van der Waals surface area contributed by atoms with E-state index in [1.807, 2.05) is 44.2 Å². The highest BCUT2D eigenvalue weighted by molar-refractivity contribution is 5.86. The molecule has 0 bridgehead atoms. The molecule has 1 saturated carbocycles. The minimum absolute atomic E-state index is 0.00493. The van der Waals surface area contributed by atoms with Crippen LogP contribution in [0.4, 0.5) is 0 Å². The van der Waals surface area contributed by atoms with Crippen molar-refractivity contribution in [3.05, 3.63) is 35.9 Å². The van der Waals surface area contributed by atoms with Crippen LogP contribution in [-0.2, 0) is 4.79 Å². The van der Waals surface area contributed by atoms with Gasteiger partial charge in [-0.05, 0) is 38.2 Å². The lowest BCUT2D eigenvalue weighted by molar-refractivity contribution is -0.127. The fraction of sp³-hybridized carbons (Fsp3) is 0.500. The Morgan fingerprint density at radius 2 is 2.00 bits per heavy atom. The summed E-state index contributed by atoms with van der Waals surface area (Å²) in [6.07, 6.45) is 2.14. The summed E-state index contributed by atoms with van der Waals surface area (Å²) in [5.74, 6) is 0.307. The van der Waals surface area contributed by atoms with E-state index in [0.717, 1.165) is 18.4 Å². The zero-order valence-corrected chi connectivity index (χ0v) is 10.4. The van der Waals surface area contributed by atoms with Gasteiger partial charge in [0.1, 0.15) is 0 Å². The monoisotopic (exact) mass is 232 g/mol. The van der Waals surface area contributed by atoms with Crippen LogP contribution in [-0.4, -0.2) is 11.4 Å². The Hall–Kier alpha value is -1.35. The van der Waals surface area contributed by atoms with Crippen LogP contribution >= 0.6 is 0 Å². The van der Waals surface area contributed by atoms with E-state index >= 15 is 0 Å². The average molecular weight is 232 g/mol. The molecule has 1 aromatic rings. The largest absolute Gasteiger partial charge is 0.348 e. The number of rotatable bonds is 4. The molecule has 1 aromatic carbocycles. The Kier molecular flexibility index (Phi) is 3.20. The first kappa shape index (κ1) is 12.1. The minimum Gasteiger partial charge on any atom is -0.348 e. The Morgan fingerprint density at radius 3 is 2.53 bits per heavy atom. The molecule has 0 heterocycles. The molecule has 2 atom stereocenters. The lowest BCUT2D eigenvalue weighted by atomic mass is 9.95. The summed E-state index contributed by atoms with van der Waals surface area (Å²) >= 11 is 0. The fourth-order valence-corrected chi connectivity index (χ4v) is 2.05. The standard InChI is InChI=1S/C14H20N2O/c1-10(11-6-4-3-5-7-11)16-13(17)14(2,15)12-8-9-12/h3-7,10,12H,8-9,15H2,1-2H3,(H,16,17)/t10-,14?/m1/s1. The van der Waals surface area contributed by atoms with Crippen molar-refractivity contribution in [1.29, 1.82) is 0 Å². The van der Waals surface area contributed by atoms with Crippen LogP contribution in [0.15, 0.2) is 30.3 Å². The van der Waals surface area contributed by atoms with Crippen molar-refractivity contribution in [2.24, 2.45) is 11.7 Å². The van der Waals surface area contributed by atoms with Crippen LogP contribution < -0.4 is 11.1 Å². The van der Waals surface area contributed by atoms with E-state index in [9.17, 15) is 4.79 Å². The van der Waals surface area contributed by atoms with Gasteiger partial charge in [0.05, 0.1) is 11.6 Å². The Balaban J connectivity index is 1.99. The van der Waals surface area contributed by atoms with Gasteiger partial charge in [-0.1, -0.05) is 30.3 Å². The highest BCUT2D eigenvalue weighted by atomic mass is 16.2. The molecule has 0 saturated heterocycles. The van der Waals surface area contributed by atoms with Gasteiger partial charge in [-0.2, -0.15) is 0 Å². The van der Waals surface area contributed by atoms with Crippen molar-refractivity contribution in [2.45, 2.75) is 38.3 Å². The smallest absolute Gasteiger partial charge is 0.240 e. The highest BCUT2D eigenvalue weighted by Crippen LogP contribution is 2.38. The van der Waals surface area contributed by atoms with Gasteiger partial charge in [-0.25, -0.2) is 0 Å². The van der Waals surface area contributed by atoms with Crippen molar-refractivity contribution in [3.63, 3.8) is 0 Å². The lowest BCUT2D eigenvalue weighted by Crippen LogP contribution is -2.53.